The van der Waals surface area contributed by atoms with E-state index >= 15 is 0 Å². The number of allylic oxidation sites excluding steroid dienone is 1. The van der Waals surface area contributed by atoms with Gasteiger partial charge in [0.15, 0.2) is 0 Å². The van der Waals surface area contributed by atoms with Crippen LogP contribution < -0.4 is 10.5 Å². The van der Waals surface area contributed by atoms with Gasteiger partial charge in [-0.15, -0.1) is 11.3 Å². The molecule has 1 aliphatic rings. The molecule has 3 aromatic rings. The fourth-order valence-electron chi connectivity index (χ4n) is 3.77. The van der Waals surface area contributed by atoms with Gasteiger partial charge in [0.25, 0.3) is 5.91 Å². The van der Waals surface area contributed by atoms with Crippen molar-refractivity contribution in [3.05, 3.63) is 63.0 Å². The van der Waals surface area contributed by atoms with E-state index in [0.29, 0.717) is 34.1 Å². The van der Waals surface area contributed by atoms with E-state index in [0.717, 1.165) is 42.6 Å². The molecular formula is C24H22N2O3S. The van der Waals surface area contributed by atoms with Gasteiger partial charge in [-0.1, -0.05) is 0 Å². The fraction of sp³-hybridized carbons (Fsp3) is 0.250. The molecule has 0 unspecified atom stereocenters. The molecule has 30 heavy (non-hydrogen) atoms. The minimum atomic E-state index is -0.472. The summed E-state index contributed by atoms with van der Waals surface area (Å²) < 4.78 is 11.4. The molecule has 1 aliphatic carbocycles. The lowest BCUT2D eigenvalue weighted by atomic mass is 9.93. The number of furan rings is 1. The maximum Gasteiger partial charge on any atom is 0.250 e. The standard InChI is InChI=1S/C24H22N2O3S/c1-2-28-17-9-7-15(8-10-17)20-12-11-18(29-20)13-16(14-25)23-22(24(26)27)19-5-3-4-6-21(19)30-23/h7-13H,2-6H2,1H3,(H2,26,27). The largest absolute Gasteiger partial charge is 0.494 e. The van der Waals surface area contributed by atoms with E-state index in [1.165, 1.54) is 16.2 Å². The number of nitrogens with zero attached hydrogens (tertiary/aromatic N) is 1. The van der Waals surface area contributed by atoms with E-state index < -0.39 is 5.91 Å². The SMILES string of the molecule is CCOc1ccc(-c2ccc(C=C(C#N)c3sc4c(c3C(N)=O)CCCC4)o2)cc1. The zero-order valence-corrected chi connectivity index (χ0v) is 17.6. The molecule has 1 aromatic carbocycles. The van der Waals surface area contributed by atoms with Gasteiger partial charge in [0.05, 0.1) is 22.6 Å². The molecule has 2 aromatic heterocycles. The summed E-state index contributed by atoms with van der Waals surface area (Å²) >= 11 is 1.50. The number of nitrogens with two attached hydrogens (primary N) is 1. The van der Waals surface area contributed by atoms with Crippen LogP contribution in [-0.2, 0) is 12.8 Å². The zero-order valence-electron chi connectivity index (χ0n) is 16.7. The van der Waals surface area contributed by atoms with E-state index in [4.69, 9.17) is 14.9 Å². The quantitative estimate of drug-likeness (QED) is 0.539. The highest BCUT2D eigenvalue weighted by Gasteiger charge is 2.25. The second-order valence-corrected chi connectivity index (χ2v) is 8.21. The molecule has 0 atom stereocenters. The summed E-state index contributed by atoms with van der Waals surface area (Å²) in [6.45, 7) is 2.56. The predicted molar refractivity (Wildman–Crippen MR) is 118 cm³/mol. The third-order valence-electron chi connectivity index (χ3n) is 5.15. The zero-order chi connectivity index (χ0) is 21.1. The van der Waals surface area contributed by atoms with Crippen LogP contribution in [0, 0.1) is 11.3 Å². The molecule has 152 valence electrons. The highest BCUT2D eigenvalue weighted by Crippen LogP contribution is 2.38. The molecule has 5 nitrogen and oxygen atoms in total. The lowest BCUT2D eigenvalue weighted by Gasteiger charge is -2.11. The van der Waals surface area contributed by atoms with Gasteiger partial charge >= 0.3 is 0 Å². The molecule has 2 heterocycles. The first kappa shape index (κ1) is 20.0. The smallest absolute Gasteiger partial charge is 0.250 e. The van der Waals surface area contributed by atoms with Crippen molar-refractivity contribution in [2.45, 2.75) is 32.6 Å². The molecule has 0 saturated heterocycles. The Balaban J connectivity index is 1.67. The lowest BCUT2D eigenvalue weighted by molar-refractivity contribution is 0.0999. The molecule has 0 bridgehead atoms. The average molecular weight is 419 g/mol. The van der Waals surface area contributed by atoms with Gasteiger partial charge in [0, 0.05) is 16.5 Å². The summed E-state index contributed by atoms with van der Waals surface area (Å²) in [7, 11) is 0. The topological polar surface area (TPSA) is 89.2 Å². The summed E-state index contributed by atoms with van der Waals surface area (Å²) in [6.07, 6.45) is 5.59. The maximum atomic E-state index is 12.1. The monoisotopic (exact) mass is 418 g/mol. The molecule has 0 spiro atoms. The first-order chi connectivity index (χ1) is 14.6. The van der Waals surface area contributed by atoms with Crippen LogP contribution in [0.2, 0.25) is 0 Å². The normalized spacial score (nSPS) is 13.5. The molecule has 6 heteroatoms. The average Bonchev–Trinajstić information content (AvgIpc) is 3.37. The highest BCUT2D eigenvalue weighted by atomic mass is 32.1. The summed E-state index contributed by atoms with van der Waals surface area (Å²) in [5, 5.41) is 9.79. The van der Waals surface area contributed by atoms with Crippen molar-refractivity contribution >= 4 is 28.9 Å². The number of carbonyl (C=O) groups is 1. The number of primary amides is 1. The molecular weight excluding hydrogens is 396 g/mol. The van der Waals surface area contributed by atoms with E-state index in [1.54, 1.807) is 6.08 Å². The maximum absolute atomic E-state index is 12.1. The molecule has 2 N–H and O–H groups in total. The summed E-state index contributed by atoms with van der Waals surface area (Å²) in [5.74, 6) is 1.58. The second-order valence-electron chi connectivity index (χ2n) is 7.11. The van der Waals surface area contributed by atoms with Crippen LogP contribution >= 0.6 is 11.3 Å². The number of hydrogen-bond acceptors (Lipinski definition) is 5. The van der Waals surface area contributed by atoms with Gasteiger partial charge < -0.3 is 14.9 Å². The molecule has 0 fully saturated rings. The number of amides is 1. The van der Waals surface area contributed by atoms with Crippen LogP contribution in [0.25, 0.3) is 23.0 Å². The van der Waals surface area contributed by atoms with Crippen molar-refractivity contribution in [3.63, 3.8) is 0 Å². The minimum Gasteiger partial charge on any atom is -0.494 e. The third-order valence-corrected chi connectivity index (χ3v) is 6.47. The fourth-order valence-corrected chi connectivity index (χ4v) is 5.14. The molecule has 0 radical (unpaired) electrons. The van der Waals surface area contributed by atoms with Crippen LogP contribution in [0.15, 0.2) is 40.8 Å². The number of nitriles is 1. The number of hydrogen-bond donors (Lipinski definition) is 1. The summed E-state index contributed by atoms with van der Waals surface area (Å²) in [6, 6.07) is 13.6. The lowest BCUT2D eigenvalue weighted by Crippen LogP contribution is -2.15. The Morgan fingerprint density at radius 2 is 2.00 bits per heavy atom. The van der Waals surface area contributed by atoms with Gasteiger partial charge in [-0.3, -0.25) is 4.79 Å². The molecule has 4 rings (SSSR count). The van der Waals surface area contributed by atoms with E-state index in [9.17, 15) is 10.1 Å². The van der Waals surface area contributed by atoms with E-state index in [-0.39, 0.29) is 0 Å². The van der Waals surface area contributed by atoms with Gasteiger partial charge in [-0.2, -0.15) is 5.26 Å². The first-order valence-corrected chi connectivity index (χ1v) is 10.8. The summed E-state index contributed by atoms with van der Waals surface area (Å²) in [4.78, 5) is 14.0. The third kappa shape index (κ3) is 3.89. The molecule has 1 amide bonds. The molecule has 0 aliphatic heterocycles. The molecule has 0 saturated carbocycles. The van der Waals surface area contributed by atoms with E-state index in [2.05, 4.69) is 6.07 Å². The minimum absolute atomic E-state index is 0.399. The number of ether oxygens (including phenoxy) is 1. The van der Waals surface area contributed by atoms with Crippen molar-refractivity contribution in [2.75, 3.05) is 6.61 Å². The Labute approximate surface area is 179 Å². The van der Waals surface area contributed by atoms with Crippen molar-refractivity contribution in [2.24, 2.45) is 5.73 Å². The predicted octanol–water partition coefficient (Wildman–Crippen LogP) is 5.45. The van der Waals surface area contributed by atoms with Crippen molar-refractivity contribution in [3.8, 4) is 23.1 Å². The van der Waals surface area contributed by atoms with Crippen LogP contribution in [0.4, 0.5) is 0 Å². The Morgan fingerprint density at radius 1 is 1.23 bits per heavy atom. The van der Waals surface area contributed by atoms with Crippen molar-refractivity contribution < 1.29 is 13.9 Å². The van der Waals surface area contributed by atoms with Crippen LogP contribution in [-0.4, -0.2) is 12.5 Å². The number of fused-ring (bicyclic) bond motifs is 1. The first-order valence-electron chi connectivity index (χ1n) is 10.00. The van der Waals surface area contributed by atoms with Gasteiger partial charge in [0.1, 0.15) is 23.3 Å². The van der Waals surface area contributed by atoms with Crippen molar-refractivity contribution in [1.82, 2.24) is 0 Å². The Morgan fingerprint density at radius 3 is 2.70 bits per heavy atom. The Hall–Kier alpha value is -3.30. The van der Waals surface area contributed by atoms with Gasteiger partial charge in [-0.05, 0) is 74.6 Å². The van der Waals surface area contributed by atoms with E-state index in [1.807, 2.05) is 43.3 Å². The van der Waals surface area contributed by atoms with Gasteiger partial charge in [-0.25, -0.2) is 0 Å². The van der Waals surface area contributed by atoms with Crippen molar-refractivity contribution in [1.29, 1.82) is 5.26 Å². The summed E-state index contributed by atoms with van der Waals surface area (Å²) in [5.41, 5.74) is 8.52. The second kappa shape index (κ2) is 8.60. The Kier molecular flexibility index (Phi) is 5.73. The number of carbonyl (C=O) groups excluding carboxylic acids is 1. The van der Waals surface area contributed by atoms with Crippen LogP contribution in [0.3, 0.4) is 0 Å². The van der Waals surface area contributed by atoms with Crippen LogP contribution in [0.1, 0.15) is 51.2 Å². The number of benzene rings is 1. The number of rotatable bonds is 6. The van der Waals surface area contributed by atoms with Crippen LogP contribution in [0.5, 0.6) is 5.75 Å². The number of aryl methyl sites for hydroxylation is 1. The Bertz CT molecular complexity index is 1150. The highest BCUT2D eigenvalue weighted by molar-refractivity contribution is 7.13. The van der Waals surface area contributed by atoms with Gasteiger partial charge in [0.2, 0.25) is 0 Å². The number of thiophene rings is 1.